The minimum atomic E-state index is -4.79. The van der Waals surface area contributed by atoms with Crippen LogP contribution in [-0.2, 0) is 12.4 Å². The Hall–Kier alpha value is -1.24. The average molecular weight is 297 g/mol. The maximum Gasteiger partial charge on any atom is 0.416 e. The molecule has 1 saturated heterocycles. The van der Waals surface area contributed by atoms with Gasteiger partial charge in [-0.1, -0.05) is 6.42 Å². The van der Waals surface area contributed by atoms with Gasteiger partial charge in [0.05, 0.1) is 11.1 Å². The predicted octanol–water partition coefficient (Wildman–Crippen LogP) is 4.54. The number of rotatable bonds is 1. The van der Waals surface area contributed by atoms with Gasteiger partial charge < -0.3 is 5.32 Å². The lowest BCUT2D eigenvalue weighted by Gasteiger charge is -2.25. The fourth-order valence-corrected chi connectivity index (χ4v) is 2.32. The molecule has 0 amide bonds. The highest BCUT2D eigenvalue weighted by Gasteiger charge is 2.37. The molecule has 112 valence electrons. The fraction of sp³-hybridized carbons (Fsp3) is 0.538. The summed E-state index contributed by atoms with van der Waals surface area (Å²) in [6, 6.07) is 1.31. The molecule has 0 unspecified atom stereocenters. The Morgan fingerprint density at radius 2 is 1.40 bits per heavy atom. The van der Waals surface area contributed by atoms with Crippen LogP contribution >= 0.6 is 0 Å². The summed E-state index contributed by atoms with van der Waals surface area (Å²) in [4.78, 5) is 0. The molecular weight excluding hydrogens is 284 g/mol. The second-order valence-electron chi connectivity index (χ2n) is 4.84. The number of piperidine rings is 1. The molecular formula is C13H13F6N. The van der Waals surface area contributed by atoms with Gasteiger partial charge in [-0.15, -0.1) is 0 Å². The molecule has 1 aromatic carbocycles. The molecule has 1 atom stereocenters. The first-order chi connectivity index (χ1) is 9.18. The van der Waals surface area contributed by atoms with Crippen LogP contribution < -0.4 is 5.32 Å². The Morgan fingerprint density at radius 3 is 1.80 bits per heavy atom. The van der Waals surface area contributed by atoms with Crippen LogP contribution in [0.5, 0.6) is 0 Å². The van der Waals surface area contributed by atoms with E-state index in [1.165, 1.54) is 0 Å². The van der Waals surface area contributed by atoms with E-state index < -0.39 is 29.5 Å². The zero-order valence-corrected chi connectivity index (χ0v) is 10.4. The number of hydrogen-bond acceptors (Lipinski definition) is 1. The highest BCUT2D eigenvalue weighted by molar-refractivity contribution is 5.35. The molecule has 0 aromatic heterocycles. The van der Waals surface area contributed by atoms with E-state index in [-0.39, 0.29) is 11.6 Å². The number of halogens is 6. The summed E-state index contributed by atoms with van der Waals surface area (Å²) in [7, 11) is 0. The van der Waals surface area contributed by atoms with Gasteiger partial charge >= 0.3 is 12.4 Å². The molecule has 2 rings (SSSR count). The fourth-order valence-electron chi connectivity index (χ4n) is 2.32. The van der Waals surface area contributed by atoms with E-state index in [1.54, 1.807) is 0 Å². The van der Waals surface area contributed by atoms with Crippen LogP contribution in [0.15, 0.2) is 18.2 Å². The lowest BCUT2D eigenvalue weighted by molar-refractivity contribution is -0.143. The zero-order valence-electron chi connectivity index (χ0n) is 10.4. The average Bonchev–Trinajstić information content (AvgIpc) is 2.37. The molecule has 7 heteroatoms. The Bertz CT molecular complexity index is 438. The van der Waals surface area contributed by atoms with Crippen LogP contribution in [0, 0.1) is 0 Å². The monoisotopic (exact) mass is 297 g/mol. The lowest BCUT2D eigenvalue weighted by atomic mass is 9.94. The van der Waals surface area contributed by atoms with Crippen molar-refractivity contribution in [2.75, 3.05) is 6.54 Å². The van der Waals surface area contributed by atoms with Crippen molar-refractivity contribution in [2.24, 2.45) is 0 Å². The third-order valence-electron chi connectivity index (χ3n) is 3.32. The van der Waals surface area contributed by atoms with Gasteiger partial charge in [0.1, 0.15) is 0 Å². The zero-order chi connectivity index (χ0) is 15.0. The van der Waals surface area contributed by atoms with E-state index in [4.69, 9.17) is 0 Å². The molecule has 0 bridgehead atoms. The molecule has 0 saturated carbocycles. The summed E-state index contributed by atoms with van der Waals surface area (Å²) in [6.45, 7) is 0.599. The van der Waals surface area contributed by atoms with E-state index in [9.17, 15) is 26.3 Å². The first-order valence-corrected chi connectivity index (χ1v) is 6.21. The van der Waals surface area contributed by atoms with Crippen molar-refractivity contribution < 1.29 is 26.3 Å². The van der Waals surface area contributed by atoms with E-state index >= 15 is 0 Å². The van der Waals surface area contributed by atoms with Crippen LogP contribution in [0.1, 0.15) is 42.0 Å². The van der Waals surface area contributed by atoms with Crippen molar-refractivity contribution in [1.82, 2.24) is 5.32 Å². The highest BCUT2D eigenvalue weighted by Crippen LogP contribution is 2.38. The predicted molar refractivity (Wildman–Crippen MR) is 61.0 cm³/mol. The van der Waals surface area contributed by atoms with Crippen molar-refractivity contribution in [3.63, 3.8) is 0 Å². The van der Waals surface area contributed by atoms with Gasteiger partial charge in [0.25, 0.3) is 0 Å². The first-order valence-electron chi connectivity index (χ1n) is 6.21. The molecule has 1 N–H and O–H groups in total. The lowest BCUT2D eigenvalue weighted by Crippen LogP contribution is -2.27. The highest BCUT2D eigenvalue weighted by atomic mass is 19.4. The topological polar surface area (TPSA) is 12.0 Å². The third kappa shape index (κ3) is 3.45. The summed E-state index contributed by atoms with van der Waals surface area (Å²) in [5.41, 5.74) is -2.46. The van der Waals surface area contributed by atoms with E-state index in [0.717, 1.165) is 25.0 Å². The molecule has 1 aromatic rings. The van der Waals surface area contributed by atoms with Gasteiger partial charge in [0.15, 0.2) is 0 Å². The van der Waals surface area contributed by atoms with Gasteiger partial charge in [-0.05, 0) is 43.1 Å². The van der Waals surface area contributed by atoms with Crippen molar-refractivity contribution >= 4 is 0 Å². The normalized spacial score (nSPS) is 21.0. The Balaban J connectivity index is 2.45. The van der Waals surface area contributed by atoms with Gasteiger partial charge in [-0.25, -0.2) is 0 Å². The summed E-state index contributed by atoms with van der Waals surface area (Å²) in [5.74, 6) is 0. The molecule has 1 aliphatic heterocycles. The largest absolute Gasteiger partial charge is 0.416 e. The molecule has 1 aliphatic rings. The van der Waals surface area contributed by atoms with Gasteiger partial charge in [0.2, 0.25) is 0 Å². The van der Waals surface area contributed by atoms with Crippen molar-refractivity contribution in [2.45, 2.75) is 37.7 Å². The third-order valence-corrected chi connectivity index (χ3v) is 3.32. The molecule has 0 spiro atoms. The van der Waals surface area contributed by atoms with Gasteiger partial charge in [-0.3, -0.25) is 0 Å². The van der Waals surface area contributed by atoms with E-state index in [1.807, 2.05) is 0 Å². The Kier molecular flexibility index (Phi) is 4.00. The maximum atomic E-state index is 12.7. The molecule has 0 aliphatic carbocycles. The minimum absolute atomic E-state index is 0.0480. The molecule has 1 heterocycles. The summed E-state index contributed by atoms with van der Waals surface area (Å²) < 4.78 is 76.3. The van der Waals surface area contributed by atoms with Crippen LogP contribution in [0.4, 0.5) is 26.3 Å². The quantitative estimate of drug-likeness (QED) is 0.750. The van der Waals surface area contributed by atoms with Crippen molar-refractivity contribution in [1.29, 1.82) is 0 Å². The summed E-state index contributed by atoms with van der Waals surface area (Å²) in [5, 5.41) is 2.96. The summed E-state index contributed by atoms with van der Waals surface area (Å²) in [6.07, 6.45) is -7.37. The second-order valence-corrected chi connectivity index (χ2v) is 4.84. The molecule has 0 radical (unpaired) electrons. The summed E-state index contributed by atoms with van der Waals surface area (Å²) >= 11 is 0. The van der Waals surface area contributed by atoms with Crippen molar-refractivity contribution in [3.05, 3.63) is 34.9 Å². The van der Waals surface area contributed by atoms with E-state index in [2.05, 4.69) is 5.32 Å². The molecule has 20 heavy (non-hydrogen) atoms. The molecule has 1 nitrogen and oxygen atoms in total. The number of alkyl halides is 6. The SMILES string of the molecule is FC(F)(F)c1cc([C@H]2CCCCN2)cc(C(F)(F)F)c1. The van der Waals surface area contributed by atoms with E-state index in [0.29, 0.717) is 13.0 Å². The van der Waals surface area contributed by atoms with Crippen molar-refractivity contribution in [3.8, 4) is 0 Å². The minimum Gasteiger partial charge on any atom is -0.310 e. The van der Waals surface area contributed by atoms with Gasteiger partial charge in [0, 0.05) is 6.04 Å². The Morgan fingerprint density at radius 1 is 0.850 bits per heavy atom. The number of hydrogen-bond donors (Lipinski definition) is 1. The molecule has 1 fully saturated rings. The number of nitrogens with one attached hydrogen (secondary N) is 1. The van der Waals surface area contributed by atoms with Crippen LogP contribution in [-0.4, -0.2) is 6.54 Å². The van der Waals surface area contributed by atoms with Crippen LogP contribution in [0.3, 0.4) is 0 Å². The number of benzene rings is 1. The smallest absolute Gasteiger partial charge is 0.310 e. The maximum absolute atomic E-state index is 12.7. The standard InChI is InChI=1S/C13H13F6N/c14-12(15,16)9-5-8(11-3-1-2-4-20-11)6-10(7-9)13(17,18)19/h5-7,11,20H,1-4H2/t11-/m1/s1. The van der Waals surface area contributed by atoms with Crippen LogP contribution in [0.25, 0.3) is 0 Å². The first kappa shape index (κ1) is 15.2. The van der Waals surface area contributed by atoms with Crippen LogP contribution in [0.2, 0.25) is 0 Å². The second kappa shape index (κ2) is 5.27. The van der Waals surface area contributed by atoms with Gasteiger partial charge in [-0.2, -0.15) is 26.3 Å². The Labute approximate surface area is 112 Å².